The zero-order valence-electron chi connectivity index (χ0n) is 27.6. The molecule has 8 heteroatoms. The summed E-state index contributed by atoms with van der Waals surface area (Å²) < 4.78 is 28.5. The summed E-state index contributed by atoms with van der Waals surface area (Å²) in [7, 11) is 4.68. The Labute approximate surface area is 267 Å². The van der Waals surface area contributed by atoms with Crippen LogP contribution in [0.1, 0.15) is 77.7 Å². The highest BCUT2D eigenvalue weighted by Crippen LogP contribution is 2.58. The van der Waals surface area contributed by atoms with Crippen LogP contribution in [0.3, 0.4) is 0 Å². The van der Waals surface area contributed by atoms with Crippen LogP contribution in [-0.4, -0.2) is 56.7 Å². The SMILES string of the molecule is CC[C@H]1CCCC[C@@H](C)C(=O)C2=C[C@@H]3C(C(c4cccc(OC)c4)=CC4C[C@@H](O[C@H](O)/C(OC)=C(/C)OC)C[C@H]43)[C@@H]2CC(=O)O1. The maximum atomic E-state index is 14.1. The topological polar surface area (TPSA) is 101 Å². The fourth-order valence-corrected chi connectivity index (χ4v) is 8.20. The van der Waals surface area contributed by atoms with Crippen LogP contribution in [0.15, 0.2) is 53.5 Å². The monoisotopic (exact) mass is 622 g/mol. The number of esters is 1. The van der Waals surface area contributed by atoms with E-state index in [0.717, 1.165) is 67.4 Å². The van der Waals surface area contributed by atoms with E-state index in [1.807, 2.05) is 25.1 Å². The number of benzene rings is 1. The molecule has 0 bridgehead atoms. The molecule has 0 spiro atoms. The first-order valence-electron chi connectivity index (χ1n) is 16.6. The number of carbonyl (C=O) groups is 2. The van der Waals surface area contributed by atoms with Crippen LogP contribution in [0, 0.1) is 35.5 Å². The van der Waals surface area contributed by atoms with Crippen LogP contribution in [0.5, 0.6) is 5.75 Å². The third kappa shape index (κ3) is 7.02. The molecular weight excluding hydrogens is 572 g/mol. The number of hydrogen-bond acceptors (Lipinski definition) is 8. The minimum Gasteiger partial charge on any atom is -0.498 e. The number of hydrogen-bond donors (Lipinski definition) is 1. The van der Waals surface area contributed by atoms with Crippen LogP contribution >= 0.6 is 0 Å². The van der Waals surface area contributed by atoms with Crippen molar-refractivity contribution in [2.24, 2.45) is 35.5 Å². The van der Waals surface area contributed by atoms with Crippen molar-refractivity contribution in [1.29, 1.82) is 0 Å². The van der Waals surface area contributed by atoms with Crippen LogP contribution in [-0.2, 0) is 28.5 Å². The second kappa shape index (κ2) is 14.5. The fourth-order valence-electron chi connectivity index (χ4n) is 8.20. The standard InChI is InChI=1S/C37H50O8/c1-7-25-13-9-8-11-21(2)35(39)32-19-30-28-18-27(45-37(40)36(43-6)22(3)41-4)16-24(28)17-29(23-12-10-14-26(15-23)42-5)34(30)31(32)20-33(38)44-25/h10,12,14-15,17,19,21,24-25,27-28,30-31,34,37,40H,7-9,11,13,16,18,20H2,1-6H3/b36-22+/t21-,24?,25+,27-,28-,30+,31-,34?,37+/m1/s1. The third-order valence-corrected chi connectivity index (χ3v) is 10.6. The van der Waals surface area contributed by atoms with Crippen molar-refractivity contribution < 1.29 is 38.4 Å². The van der Waals surface area contributed by atoms with Crippen molar-refractivity contribution in [1.82, 2.24) is 0 Å². The van der Waals surface area contributed by atoms with E-state index in [0.29, 0.717) is 5.76 Å². The Morgan fingerprint density at radius 3 is 2.53 bits per heavy atom. The van der Waals surface area contributed by atoms with E-state index < -0.39 is 6.29 Å². The minimum atomic E-state index is -1.25. The molecule has 2 unspecified atom stereocenters. The zero-order chi connectivity index (χ0) is 32.2. The Morgan fingerprint density at radius 2 is 1.82 bits per heavy atom. The van der Waals surface area contributed by atoms with Crippen LogP contribution in [0.2, 0.25) is 0 Å². The molecule has 2 fully saturated rings. The lowest BCUT2D eigenvalue weighted by Gasteiger charge is -2.39. The number of rotatable bonds is 8. The molecule has 4 aliphatic rings. The van der Waals surface area contributed by atoms with Gasteiger partial charge in [0.15, 0.2) is 11.5 Å². The highest BCUT2D eigenvalue weighted by atomic mass is 16.6. The van der Waals surface area contributed by atoms with Gasteiger partial charge < -0.3 is 28.8 Å². The number of aliphatic hydroxyl groups is 1. The minimum absolute atomic E-state index is 0.0427. The summed E-state index contributed by atoms with van der Waals surface area (Å²) in [6.45, 7) is 5.83. The molecule has 3 aliphatic carbocycles. The van der Waals surface area contributed by atoms with E-state index in [2.05, 4.69) is 25.1 Å². The molecule has 1 aromatic carbocycles. The van der Waals surface area contributed by atoms with Gasteiger partial charge in [-0.05, 0) is 98.0 Å². The maximum absolute atomic E-state index is 14.1. The highest BCUT2D eigenvalue weighted by Gasteiger charge is 2.53. The van der Waals surface area contributed by atoms with Gasteiger partial charge in [0.25, 0.3) is 0 Å². The van der Waals surface area contributed by atoms with Crippen LogP contribution < -0.4 is 4.74 Å². The molecule has 1 aliphatic heterocycles. The number of cyclic esters (lactones) is 1. The van der Waals surface area contributed by atoms with Gasteiger partial charge in [-0.15, -0.1) is 0 Å². The predicted octanol–water partition coefficient (Wildman–Crippen LogP) is 6.63. The lowest BCUT2D eigenvalue weighted by atomic mass is 9.65. The lowest BCUT2D eigenvalue weighted by Crippen LogP contribution is -2.33. The Balaban J connectivity index is 1.53. The second-order valence-corrected chi connectivity index (χ2v) is 13.2. The van der Waals surface area contributed by atoms with Crippen molar-refractivity contribution in [3.05, 3.63) is 59.1 Å². The molecule has 1 N–H and O–H groups in total. The van der Waals surface area contributed by atoms with Gasteiger partial charge in [-0.25, -0.2) is 0 Å². The molecule has 0 aromatic heterocycles. The average molecular weight is 623 g/mol. The molecule has 9 atom stereocenters. The predicted molar refractivity (Wildman–Crippen MR) is 171 cm³/mol. The van der Waals surface area contributed by atoms with Gasteiger partial charge in [-0.1, -0.05) is 44.6 Å². The van der Waals surface area contributed by atoms with Gasteiger partial charge in [-0.3, -0.25) is 9.59 Å². The molecule has 1 heterocycles. The van der Waals surface area contributed by atoms with E-state index >= 15 is 0 Å². The first kappa shape index (κ1) is 33.3. The largest absolute Gasteiger partial charge is 0.498 e. The van der Waals surface area contributed by atoms with Crippen molar-refractivity contribution in [3.8, 4) is 5.75 Å². The molecule has 0 amide bonds. The van der Waals surface area contributed by atoms with Gasteiger partial charge in [0.2, 0.25) is 6.29 Å². The molecule has 45 heavy (non-hydrogen) atoms. The number of fused-ring (bicyclic) bond motifs is 5. The van der Waals surface area contributed by atoms with Gasteiger partial charge in [0, 0.05) is 11.8 Å². The van der Waals surface area contributed by atoms with Gasteiger partial charge in [0.05, 0.1) is 33.9 Å². The number of Topliss-reactive ketones (excluding diaryl/α,β-unsaturated/α-hetero) is 1. The Morgan fingerprint density at radius 1 is 1.04 bits per heavy atom. The van der Waals surface area contributed by atoms with Crippen molar-refractivity contribution >= 4 is 17.3 Å². The van der Waals surface area contributed by atoms with E-state index in [4.69, 9.17) is 23.7 Å². The van der Waals surface area contributed by atoms with Crippen molar-refractivity contribution in [2.45, 2.75) is 90.6 Å². The number of aliphatic hydroxyl groups excluding tert-OH is 1. The first-order chi connectivity index (χ1) is 21.7. The van der Waals surface area contributed by atoms with Crippen LogP contribution in [0.4, 0.5) is 0 Å². The summed E-state index contributed by atoms with van der Waals surface area (Å²) in [6.07, 6.45) is 8.92. The van der Waals surface area contributed by atoms with E-state index in [-0.39, 0.29) is 71.6 Å². The second-order valence-electron chi connectivity index (χ2n) is 13.2. The quantitative estimate of drug-likeness (QED) is 0.196. The number of allylic oxidation sites excluding steroid dienone is 5. The number of ketones is 1. The summed E-state index contributed by atoms with van der Waals surface area (Å²) in [5.74, 6) is 1.37. The van der Waals surface area contributed by atoms with Gasteiger partial charge >= 0.3 is 5.97 Å². The first-order valence-corrected chi connectivity index (χ1v) is 16.6. The summed E-state index contributed by atoms with van der Waals surface area (Å²) in [6, 6.07) is 8.05. The summed E-state index contributed by atoms with van der Waals surface area (Å²) >= 11 is 0. The van der Waals surface area contributed by atoms with Crippen molar-refractivity contribution in [3.63, 3.8) is 0 Å². The van der Waals surface area contributed by atoms with E-state index in [1.54, 1.807) is 14.0 Å². The molecule has 246 valence electrons. The number of methoxy groups -OCH3 is 3. The molecule has 8 nitrogen and oxygen atoms in total. The number of carbonyl (C=O) groups excluding carboxylic acids is 2. The highest BCUT2D eigenvalue weighted by molar-refractivity contribution is 5.99. The smallest absolute Gasteiger partial charge is 0.306 e. The Hall–Kier alpha value is -3.10. The van der Waals surface area contributed by atoms with Gasteiger partial charge in [-0.2, -0.15) is 0 Å². The van der Waals surface area contributed by atoms with E-state index in [9.17, 15) is 14.7 Å². The molecule has 0 radical (unpaired) electrons. The summed E-state index contributed by atoms with van der Waals surface area (Å²) in [4.78, 5) is 27.6. The zero-order valence-corrected chi connectivity index (χ0v) is 27.6. The summed E-state index contributed by atoms with van der Waals surface area (Å²) in [5, 5.41) is 10.9. The lowest BCUT2D eigenvalue weighted by molar-refractivity contribution is -0.151. The fraction of sp³-hybridized carbons (Fsp3) is 0.622. The molecule has 5 rings (SSSR count). The molecule has 1 aromatic rings. The van der Waals surface area contributed by atoms with Gasteiger partial charge in [0.1, 0.15) is 17.6 Å². The maximum Gasteiger partial charge on any atom is 0.306 e. The normalized spacial score (nSPS) is 33.1. The molecule has 1 saturated carbocycles. The van der Waals surface area contributed by atoms with Crippen LogP contribution in [0.25, 0.3) is 5.57 Å². The molecule has 1 saturated heterocycles. The molecular formula is C37H50O8. The summed E-state index contributed by atoms with van der Waals surface area (Å²) in [5.41, 5.74) is 2.95. The number of ether oxygens (including phenoxy) is 5. The Bertz CT molecular complexity index is 1330. The van der Waals surface area contributed by atoms with Crippen molar-refractivity contribution in [2.75, 3.05) is 21.3 Å². The van der Waals surface area contributed by atoms with E-state index in [1.165, 1.54) is 14.2 Å². The average Bonchev–Trinajstić information content (AvgIpc) is 3.62. The third-order valence-electron chi connectivity index (χ3n) is 10.6. The Kier molecular flexibility index (Phi) is 10.8.